The van der Waals surface area contributed by atoms with Crippen LogP contribution in [0.5, 0.6) is 0 Å². The molecular formula is C65H123NO5. The first kappa shape index (κ1) is 69.1. The van der Waals surface area contributed by atoms with Crippen LogP contribution >= 0.6 is 0 Å². The molecule has 0 aromatic carbocycles. The van der Waals surface area contributed by atoms with Crippen molar-refractivity contribution < 1.29 is 24.5 Å². The quantitative estimate of drug-likeness (QED) is 0.0321. The van der Waals surface area contributed by atoms with Crippen LogP contribution in [0.3, 0.4) is 0 Å². The summed E-state index contributed by atoms with van der Waals surface area (Å²) in [6, 6.07) is -0.627. The molecule has 0 aliphatic carbocycles. The summed E-state index contributed by atoms with van der Waals surface area (Å²) in [7, 11) is 0. The fourth-order valence-electron chi connectivity index (χ4n) is 9.78. The molecular weight excluding hydrogens is 875 g/mol. The molecule has 0 bridgehead atoms. The molecule has 0 saturated carbocycles. The lowest BCUT2D eigenvalue weighted by Crippen LogP contribution is -2.45. The van der Waals surface area contributed by atoms with E-state index in [4.69, 9.17) is 4.74 Å². The second-order valence-corrected chi connectivity index (χ2v) is 21.7. The summed E-state index contributed by atoms with van der Waals surface area (Å²) in [5.41, 5.74) is 0. The van der Waals surface area contributed by atoms with Crippen LogP contribution in [-0.4, -0.2) is 47.4 Å². The number of carbonyl (C=O) groups excluding carboxylic acids is 2. The van der Waals surface area contributed by atoms with Crippen molar-refractivity contribution in [2.45, 2.75) is 353 Å². The average molecular weight is 999 g/mol. The third-order valence-corrected chi connectivity index (χ3v) is 14.7. The molecule has 0 aromatic heterocycles. The fourth-order valence-corrected chi connectivity index (χ4v) is 9.78. The zero-order valence-corrected chi connectivity index (χ0v) is 47.7. The van der Waals surface area contributed by atoms with Gasteiger partial charge in [-0.1, -0.05) is 301 Å². The van der Waals surface area contributed by atoms with Gasteiger partial charge in [0, 0.05) is 12.8 Å². The zero-order valence-electron chi connectivity index (χ0n) is 47.7. The molecule has 0 aliphatic rings. The Bertz CT molecular complexity index is 1150. The summed E-state index contributed by atoms with van der Waals surface area (Å²) in [4.78, 5) is 24.5. The van der Waals surface area contributed by atoms with E-state index in [1.54, 1.807) is 6.08 Å². The highest BCUT2D eigenvalue weighted by Gasteiger charge is 2.18. The molecule has 0 rings (SSSR count). The van der Waals surface area contributed by atoms with E-state index in [1.165, 1.54) is 263 Å². The predicted molar refractivity (Wildman–Crippen MR) is 310 cm³/mol. The standard InChI is InChI=1S/C65H123NO5/c1-3-5-7-9-11-13-15-17-19-27-31-35-39-43-47-51-55-59-65(70)71-60-56-52-48-44-40-36-32-29-26-24-22-20-21-23-25-28-30-34-38-42-46-50-54-58-64(69)66-62(61-67)63(68)57-53-49-45-41-37-33-18-16-14-12-10-8-6-4-2/h11,13,17,19,53,57,62-63,67-68H,3-10,12,14-16,18,20-52,54-56,58-61H2,1-2H3,(H,66,69)/b13-11-,19-17-,57-53+. The number of hydrogen-bond donors (Lipinski definition) is 3. The number of aliphatic hydroxyl groups is 2. The molecule has 0 spiro atoms. The SMILES string of the molecule is CCCCC/C=C\C/C=C\CCCCCCCCCC(=O)OCCCCCCCCCCCCCCCCCCCCCCCCCC(=O)NC(CO)C(O)/C=C/CCCCCCCCCCCCCC. The van der Waals surface area contributed by atoms with Crippen LogP contribution in [-0.2, 0) is 14.3 Å². The van der Waals surface area contributed by atoms with Crippen molar-refractivity contribution in [1.29, 1.82) is 0 Å². The van der Waals surface area contributed by atoms with Crippen molar-refractivity contribution in [1.82, 2.24) is 5.32 Å². The number of amides is 1. The van der Waals surface area contributed by atoms with E-state index in [2.05, 4.69) is 43.5 Å². The average Bonchev–Trinajstić information content (AvgIpc) is 3.37. The Labute approximate surface area is 443 Å². The Balaban J connectivity index is 3.38. The lowest BCUT2D eigenvalue weighted by Gasteiger charge is -2.20. The molecule has 71 heavy (non-hydrogen) atoms. The number of unbranched alkanes of at least 4 members (excludes halogenated alkanes) is 44. The number of carbonyl (C=O) groups is 2. The van der Waals surface area contributed by atoms with E-state index in [-0.39, 0.29) is 18.5 Å². The third-order valence-electron chi connectivity index (χ3n) is 14.7. The molecule has 0 fully saturated rings. The minimum absolute atomic E-state index is 0.00620. The van der Waals surface area contributed by atoms with E-state index in [0.29, 0.717) is 19.4 Å². The normalized spacial score (nSPS) is 12.8. The lowest BCUT2D eigenvalue weighted by molar-refractivity contribution is -0.143. The van der Waals surface area contributed by atoms with Crippen molar-refractivity contribution in [3.8, 4) is 0 Å². The number of esters is 1. The summed E-state index contributed by atoms with van der Waals surface area (Å²) in [6.45, 7) is 4.89. The zero-order chi connectivity index (χ0) is 51.4. The van der Waals surface area contributed by atoms with Gasteiger partial charge in [0.2, 0.25) is 5.91 Å². The van der Waals surface area contributed by atoms with Crippen LogP contribution in [0.2, 0.25) is 0 Å². The molecule has 0 saturated heterocycles. The van der Waals surface area contributed by atoms with Gasteiger partial charge in [0.05, 0.1) is 25.4 Å². The Morgan fingerprint density at radius 3 is 1.10 bits per heavy atom. The van der Waals surface area contributed by atoms with Gasteiger partial charge in [0.15, 0.2) is 0 Å². The molecule has 0 heterocycles. The monoisotopic (exact) mass is 998 g/mol. The summed E-state index contributed by atoms with van der Waals surface area (Å²) in [5, 5.41) is 23.1. The second-order valence-electron chi connectivity index (χ2n) is 21.7. The van der Waals surface area contributed by atoms with Gasteiger partial charge < -0.3 is 20.3 Å². The topological polar surface area (TPSA) is 95.9 Å². The fraction of sp³-hybridized carbons (Fsp3) is 0.877. The molecule has 0 aromatic rings. The largest absolute Gasteiger partial charge is 0.466 e. The smallest absolute Gasteiger partial charge is 0.305 e. The molecule has 418 valence electrons. The maximum absolute atomic E-state index is 12.5. The van der Waals surface area contributed by atoms with Crippen LogP contribution in [0.15, 0.2) is 36.5 Å². The minimum atomic E-state index is -0.844. The number of allylic oxidation sites excluding steroid dienone is 5. The van der Waals surface area contributed by atoms with Gasteiger partial charge in [-0.15, -0.1) is 0 Å². The molecule has 2 unspecified atom stereocenters. The van der Waals surface area contributed by atoms with Crippen LogP contribution in [0.4, 0.5) is 0 Å². The third kappa shape index (κ3) is 57.2. The molecule has 1 amide bonds. The van der Waals surface area contributed by atoms with Crippen molar-refractivity contribution in [3.05, 3.63) is 36.5 Å². The first-order valence-corrected chi connectivity index (χ1v) is 31.8. The molecule has 6 heteroatoms. The molecule has 0 radical (unpaired) electrons. The number of rotatable bonds is 59. The molecule has 0 aliphatic heterocycles. The van der Waals surface area contributed by atoms with Crippen molar-refractivity contribution in [2.75, 3.05) is 13.2 Å². The van der Waals surface area contributed by atoms with E-state index >= 15 is 0 Å². The summed E-state index contributed by atoms with van der Waals surface area (Å²) >= 11 is 0. The molecule has 6 nitrogen and oxygen atoms in total. The second kappa shape index (κ2) is 60.6. The maximum Gasteiger partial charge on any atom is 0.305 e. The highest BCUT2D eigenvalue weighted by atomic mass is 16.5. The Morgan fingerprint density at radius 2 is 0.704 bits per heavy atom. The van der Waals surface area contributed by atoms with Crippen LogP contribution in [0.25, 0.3) is 0 Å². The lowest BCUT2D eigenvalue weighted by atomic mass is 10.0. The number of aliphatic hydroxyl groups excluding tert-OH is 2. The van der Waals surface area contributed by atoms with E-state index in [0.717, 1.165) is 51.4 Å². The van der Waals surface area contributed by atoms with Gasteiger partial charge in [-0.25, -0.2) is 0 Å². The van der Waals surface area contributed by atoms with E-state index in [1.807, 2.05) is 6.08 Å². The number of nitrogens with one attached hydrogen (secondary N) is 1. The van der Waals surface area contributed by atoms with Gasteiger partial charge in [0.1, 0.15) is 0 Å². The van der Waals surface area contributed by atoms with Gasteiger partial charge in [0.25, 0.3) is 0 Å². The van der Waals surface area contributed by atoms with Crippen LogP contribution in [0, 0.1) is 0 Å². The highest BCUT2D eigenvalue weighted by molar-refractivity contribution is 5.76. The highest BCUT2D eigenvalue weighted by Crippen LogP contribution is 2.18. The number of hydrogen-bond acceptors (Lipinski definition) is 5. The van der Waals surface area contributed by atoms with Gasteiger partial charge in [-0.2, -0.15) is 0 Å². The van der Waals surface area contributed by atoms with Crippen molar-refractivity contribution >= 4 is 11.9 Å². The van der Waals surface area contributed by atoms with E-state index in [9.17, 15) is 19.8 Å². The first-order chi connectivity index (χ1) is 35.0. The Hall–Kier alpha value is -1.92. The Kier molecular flexibility index (Phi) is 59.0. The van der Waals surface area contributed by atoms with Gasteiger partial charge >= 0.3 is 5.97 Å². The predicted octanol–water partition coefficient (Wildman–Crippen LogP) is 20.0. The summed E-state index contributed by atoms with van der Waals surface area (Å²) < 4.78 is 5.49. The van der Waals surface area contributed by atoms with Crippen LogP contribution < -0.4 is 5.32 Å². The minimum Gasteiger partial charge on any atom is -0.466 e. The molecule has 2 atom stereocenters. The first-order valence-electron chi connectivity index (χ1n) is 31.8. The molecule has 3 N–H and O–H groups in total. The maximum atomic E-state index is 12.5. The summed E-state index contributed by atoms with van der Waals surface area (Å²) in [6.07, 6.45) is 76.2. The Morgan fingerprint density at radius 1 is 0.394 bits per heavy atom. The van der Waals surface area contributed by atoms with Crippen LogP contribution in [0.1, 0.15) is 341 Å². The number of ether oxygens (including phenoxy) is 1. The van der Waals surface area contributed by atoms with Crippen molar-refractivity contribution in [3.63, 3.8) is 0 Å². The van der Waals surface area contributed by atoms with Crippen molar-refractivity contribution in [2.24, 2.45) is 0 Å². The summed E-state index contributed by atoms with van der Waals surface area (Å²) in [5.74, 6) is -0.0604. The van der Waals surface area contributed by atoms with Gasteiger partial charge in [-0.05, 0) is 64.2 Å². The van der Waals surface area contributed by atoms with E-state index < -0.39 is 12.1 Å². The van der Waals surface area contributed by atoms with Gasteiger partial charge in [-0.3, -0.25) is 9.59 Å².